The van der Waals surface area contributed by atoms with E-state index in [0.717, 1.165) is 6.42 Å². The minimum atomic E-state index is -0.170. The quantitative estimate of drug-likeness (QED) is 0.480. The minimum Gasteiger partial charge on any atom is -0.497 e. The molecule has 0 saturated heterocycles. The Morgan fingerprint density at radius 3 is 2.79 bits per heavy atom. The standard InChI is InChI=1S/C21H23N3O3S/c1-4-14(2)24-20(26)17-10-5-6-11-18(17)23-21(24)28-13-19(25)22-15-8-7-9-16(12-15)27-3/h5-12,14H,4,13H2,1-3H3,(H,22,25). The van der Waals surface area contributed by atoms with E-state index in [1.807, 2.05) is 44.2 Å². The molecule has 1 aromatic heterocycles. The van der Waals surface area contributed by atoms with E-state index in [4.69, 9.17) is 4.74 Å². The van der Waals surface area contributed by atoms with Crippen molar-refractivity contribution in [3.8, 4) is 5.75 Å². The van der Waals surface area contributed by atoms with Crippen LogP contribution in [-0.2, 0) is 4.79 Å². The highest BCUT2D eigenvalue weighted by molar-refractivity contribution is 7.99. The predicted octanol–water partition coefficient (Wildman–Crippen LogP) is 4.11. The van der Waals surface area contributed by atoms with Crippen LogP contribution in [-0.4, -0.2) is 28.3 Å². The van der Waals surface area contributed by atoms with Crippen LogP contribution in [0.25, 0.3) is 10.9 Å². The number of carbonyl (C=O) groups excluding carboxylic acids is 1. The Balaban J connectivity index is 1.83. The second-order valence-electron chi connectivity index (χ2n) is 6.41. The molecule has 2 aromatic carbocycles. The molecule has 6 nitrogen and oxygen atoms in total. The van der Waals surface area contributed by atoms with Crippen LogP contribution in [0.1, 0.15) is 26.3 Å². The van der Waals surface area contributed by atoms with Gasteiger partial charge in [0.05, 0.1) is 23.8 Å². The smallest absolute Gasteiger partial charge is 0.262 e. The highest BCUT2D eigenvalue weighted by atomic mass is 32.2. The molecule has 7 heteroatoms. The molecule has 146 valence electrons. The molecule has 1 amide bonds. The molecule has 1 heterocycles. The summed E-state index contributed by atoms with van der Waals surface area (Å²) in [6.45, 7) is 4.01. The summed E-state index contributed by atoms with van der Waals surface area (Å²) in [6.07, 6.45) is 0.795. The van der Waals surface area contributed by atoms with Gasteiger partial charge in [-0.15, -0.1) is 0 Å². The van der Waals surface area contributed by atoms with Crippen LogP contribution in [0.3, 0.4) is 0 Å². The van der Waals surface area contributed by atoms with Crippen LogP contribution in [0.5, 0.6) is 5.75 Å². The van der Waals surface area contributed by atoms with Crippen LogP contribution >= 0.6 is 11.8 Å². The molecule has 0 fully saturated rings. The average molecular weight is 398 g/mol. The maximum absolute atomic E-state index is 13.0. The van der Waals surface area contributed by atoms with Crippen molar-refractivity contribution < 1.29 is 9.53 Å². The fourth-order valence-electron chi connectivity index (χ4n) is 2.83. The molecule has 1 unspecified atom stereocenters. The molecule has 3 rings (SSSR count). The first-order valence-electron chi connectivity index (χ1n) is 9.11. The molecule has 0 radical (unpaired) electrons. The van der Waals surface area contributed by atoms with Crippen LogP contribution < -0.4 is 15.6 Å². The van der Waals surface area contributed by atoms with E-state index >= 15 is 0 Å². The van der Waals surface area contributed by atoms with E-state index in [1.165, 1.54) is 11.8 Å². The zero-order chi connectivity index (χ0) is 20.1. The summed E-state index contributed by atoms with van der Waals surface area (Å²) in [5.74, 6) is 0.655. The summed E-state index contributed by atoms with van der Waals surface area (Å²) in [5.41, 5.74) is 1.23. The molecule has 0 aliphatic heterocycles. The minimum absolute atomic E-state index is 0.00597. The van der Waals surface area contributed by atoms with Crippen molar-refractivity contribution in [2.24, 2.45) is 0 Å². The maximum Gasteiger partial charge on any atom is 0.262 e. The number of nitrogens with zero attached hydrogens (tertiary/aromatic N) is 2. The van der Waals surface area contributed by atoms with E-state index < -0.39 is 0 Å². The van der Waals surface area contributed by atoms with E-state index in [0.29, 0.717) is 27.5 Å². The Hall–Kier alpha value is -2.80. The normalized spacial score (nSPS) is 12.0. The van der Waals surface area contributed by atoms with Gasteiger partial charge >= 0.3 is 0 Å². The summed E-state index contributed by atoms with van der Waals surface area (Å²) in [6, 6.07) is 14.5. The fraction of sp³-hybridized carbons (Fsp3) is 0.286. The number of anilines is 1. The lowest BCUT2D eigenvalue weighted by Gasteiger charge is -2.18. The third kappa shape index (κ3) is 4.36. The molecule has 0 aliphatic rings. The first-order valence-corrected chi connectivity index (χ1v) is 10.1. The monoisotopic (exact) mass is 397 g/mol. The number of hydrogen-bond donors (Lipinski definition) is 1. The highest BCUT2D eigenvalue weighted by Gasteiger charge is 2.16. The van der Waals surface area contributed by atoms with Crippen molar-refractivity contribution in [3.63, 3.8) is 0 Å². The summed E-state index contributed by atoms with van der Waals surface area (Å²) < 4.78 is 6.86. The number of amides is 1. The number of fused-ring (bicyclic) bond motifs is 1. The molecular formula is C21H23N3O3S. The first-order chi connectivity index (χ1) is 13.5. The van der Waals surface area contributed by atoms with Gasteiger partial charge in [-0.3, -0.25) is 14.2 Å². The van der Waals surface area contributed by atoms with E-state index in [-0.39, 0.29) is 23.3 Å². The first kappa shape index (κ1) is 19.9. The average Bonchev–Trinajstić information content (AvgIpc) is 2.72. The number of rotatable bonds is 7. The Morgan fingerprint density at radius 2 is 2.04 bits per heavy atom. The van der Waals surface area contributed by atoms with Gasteiger partial charge in [0.15, 0.2) is 5.16 Å². The topological polar surface area (TPSA) is 73.2 Å². The molecular weight excluding hydrogens is 374 g/mol. The maximum atomic E-state index is 13.0. The zero-order valence-electron chi connectivity index (χ0n) is 16.1. The largest absolute Gasteiger partial charge is 0.497 e. The molecule has 28 heavy (non-hydrogen) atoms. The van der Waals surface area contributed by atoms with E-state index in [2.05, 4.69) is 10.3 Å². The van der Waals surface area contributed by atoms with Crippen molar-refractivity contribution in [2.45, 2.75) is 31.5 Å². The van der Waals surface area contributed by atoms with Gasteiger partial charge in [0.1, 0.15) is 5.75 Å². The van der Waals surface area contributed by atoms with Gasteiger partial charge < -0.3 is 10.1 Å². The van der Waals surface area contributed by atoms with Crippen LogP contribution in [0, 0.1) is 0 Å². The van der Waals surface area contributed by atoms with Gasteiger partial charge in [0.2, 0.25) is 5.91 Å². The van der Waals surface area contributed by atoms with Crippen molar-refractivity contribution in [1.82, 2.24) is 9.55 Å². The lowest BCUT2D eigenvalue weighted by molar-refractivity contribution is -0.113. The molecule has 1 N–H and O–H groups in total. The van der Waals surface area contributed by atoms with Crippen LogP contribution in [0.4, 0.5) is 5.69 Å². The van der Waals surface area contributed by atoms with E-state index in [1.54, 1.807) is 29.9 Å². The Kier molecular flexibility index (Phi) is 6.36. The molecule has 1 atom stereocenters. The number of hydrogen-bond acceptors (Lipinski definition) is 5. The van der Waals surface area contributed by atoms with Crippen LogP contribution in [0.15, 0.2) is 58.5 Å². The number of methoxy groups -OCH3 is 1. The van der Waals surface area contributed by atoms with E-state index in [9.17, 15) is 9.59 Å². The highest BCUT2D eigenvalue weighted by Crippen LogP contribution is 2.23. The summed E-state index contributed by atoms with van der Waals surface area (Å²) in [7, 11) is 1.58. The number of nitrogens with one attached hydrogen (secondary N) is 1. The number of carbonyl (C=O) groups is 1. The van der Waals surface area contributed by atoms with Gasteiger partial charge in [-0.2, -0.15) is 0 Å². The number of benzene rings is 2. The number of thioether (sulfide) groups is 1. The molecule has 0 aliphatic carbocycles. The number of aromatic nitrogens is 2. The second-order valence-corrected chi connectivity index (χ2v) is 7.36. The van der Waals surface area contributed by atoms with Crippen molar-refractivity contribution in [2.75, 3.05) is 18.2 Å². The van der Waals surface area contributed by atoms with Crippen molar-refractivity contribution in [3.05, 3.63) is 58.9 Å². The number of para-hydroxylation sites is 1. The Bertz CT molecular complexity index is 1050. The van der Waals surface area contributed by atoms with Crippen molar-refractivity contribution >= 4 is 34.3 Å². The number of ether oxygens (including phenoxy) is 1. The Morgan fingerprint density at radius 1 is 1.25 bits per heavy atom. The Labute approximate surface area is 167 Å². The molecule has 0 bridgehead atoms. The third-order valence-electron chi connectivity index (χ3n) is 4.49. The van der Waals surface area contributed by atoms with Gasteiger partial charge in [-0.1, -0.05) is 36.9 Å². The zero-order valence-corrected chi connectivity index (χ0v) is 17.0. The second kappa shape index (κ2) is 8.93. The lowest BCUT2D eigenvalue weighted by Crippen LogP contribution is -2.26. The van der Waals surface area contributed by atoms with Gasteiger partial charge in [0, 0.05) is 17.8 Å². The molecule has 3 aromatic rings. The summed E-state index contributed by atoms with van der Waals surface area (Å²) in [5, 5.41) is 3.99. The SMILES string of the molecule is CCC(C)n1c(SCC(=O)Nc2cccc(OC)c2)nc2ccccc2c1=O. The predicted molar refractivity (Wildman–Crippen MR) is 113 cm³/mol. The van der Waals surface area contributed by atoms with Gasteiger partial charge in [0.25, 0.3) is 5.56 Å². The fourth-order valence-corrected chi connectivity index (χ4v) is 3.72. The third-order valence-corrected chi connectivity index (χ3v) is 5.45. The van der Waals surface area contributed by atoms with Gasteiger partial charge in [-0.05, 0) is 37.6 Å². The van der Waals surface area contributed by atoms with Crippen LogP contribution in [0.2, 0.25) is 0 Å². The van der Waals surface area contributed by atoms with Gasteiger partial charge in [-0.25, -0.2) is 4.98 Å². The molecule has 0 saturated carbocycles. The summed E-state index contributed by atoms with van der Waals surface area (Å²) >= 11 is 1.27. The summed E-state index contributed by atoms with van der Waals surface area (Å²) in [4.78, 5) is 30.0. The lowest BCUT2D eigenvalue weighted by atomic mass is 10.2. The van der Waals surface area contributed by atoms with Crippen molar-refractivity contribution in [1.29, 1.82) is 0 Å². The molecule has 0 spiro atoms.